The number of hydrogen-bond acceptors (Lipinski definition) is 10. The number of benzene rings is 4. The highest BCUT2D eigenvalue weighted by Gasteiger charge is 2.30. The third-order valence-corrected chi connectivity index (χ3v) is 6.88. The Hall–Kier alpha value is -5.90. The molecule has 4 rings (SSSR count). The summed E-state index contributed by atoms with van der Waals surface area (Å²) in [5.74, 6) is -1.61. The lowest BCUT2D eigenvalue weighted by molar-refractivity contribution is -0.404. The van der Waals surface area contributed by atoms with Gasteiger partial charge in [-0.05, 0) is 47.1 Å². The van der Waals surface area contributed by atoms with Gasteiger partial charge in [0.15, 0.2) is 0 Å². The lowest BCUT2D eigenvalue weighted by Gasteiger charge is -2.08. The topological polar surface area (TPSA) is 222 Å². The van der Waals surface area contributed by atoms with E-state index in [1.807, 2.05) is 60.7 Å². The molecule has 0 heterocycles. The van der Waals surface area contributed by atoms with Crippen molar-refractivity contribution in [2.75, 3.05) is 0 Å². The van der Waals surface area contributed by atoms with Gasteiger partial charge in [0.25, 0.3) is 23.0 Å². The van der Waals surface area contributed by atoms with Crippen LogP contribution in [0, 0.1) is 40.5 Å². The quantitative estimate of drug-likeness (QED) is 0.205. The molecule has 0 saturated heterocycles. The van der Waals surface area contributed by atoms with Gasteiger partial charge in [0.05, 0.1) is 31.8 Å². The first kappa shape index (κ1) is 29.7. The van der Waals surface area contributed by atoms with Crippen molar-refractivity contribution in [1.82, 2.24) is 0 Å². The summed E-state index contributed by atoms with van der Waals surface area (Å²) in [4.78, 5) is 52.4. The van der Waals surface area contributed by atoms with Crippen LogP contribution in [0.3, 0.4) is 0 Å². The molecular formula is C25H17N5O10S. The zero-order chi connectivity index (χ0) is 30.1. The number of nitro benzene ring substituents is 4. The van der Waals surface area contributed by atoms with E-state index in [0.29, 0.717) is 17.7 Å². The van der Waals surface area contributed by atoms with Crippen molar-refractivity contribution < 1.29 is 29.6 Å². The van der Waals surface area contributed by atoms with E-state index >= 15 is 0 Å². The normalized spacial score (nSPS) is 10.2. The van der Waals surface area contributed by atoms with E-state index in [0.717, 1.165) is 9.79 Å². The predicted octanol–water partition coefficient (Wildman–Crippen LogP) is 5.77. The van der Waals surface area contributed by atoms with Gasteiger partial charge in [-0.2, -0.15) is 4.36 Å². The highest BCUT2D eigenvalue weighted by molar-refractivity contribution is 7.87. The van der Waals surface area contributed by atoms with E-state index in [2.05, 4.69) is 4.36 Å². The minimum Gasteiger partial charge on any atom is -0.497 e. The van der Waals surface area contributed by atoms with Crippen LogP contribution in [-0.4, -0.2) is 30.7 Å². The standard InChI is InChI=1S/C19H14N2O3S.C6H3N3O7/c22-19(15-11-13-16(14-12-15)21(23)24)20-25(17-7-3-1-4-8-17)18-9-5-2-6-10-18;10-6-4(8(13)14)1-3(7(11)12)2-5(6)9(15)16/h1-14H;1-2,10H. The first-order valence-electron chi connectivity index (χ1n) is 11.1. The number of nitro groups is 4. The molecule has 208 valence electrons. The minimum atomic E-state index is -1.21. The second kappa shape index (κ2) is 13.3. The van der Waals surface area contributed by atoms with Crippen LogP contribution in [-0.2, 0) is 10.7 Å². The van der Waals surface area contributed by atoms with Crippen LogP contribution in [0.25, 0.3) is 0 Å². The molecule has 0 aromatic heterocycles. The molecule has 15 nitrogen and oxygen atoms in total. The fraction of sp³-hybridized carbons (Fsp3) is 0. The molecule has 0 radical (unpaired) electrons. The maximum atomic E-state index is 12.6. The van der Waals surface area contributed by atoms with Gasteiger partial charge in [0.1, 0.15) is 0 Å². The van der Waals surface area contributed by atoms with Gasteiger partial charge in [-0.3, -0.25) is 45.3 Å². The Morgan fingerprint density at radius 3 is 1.39 bits per heavy atom. The van der Waals surface area contributed by atoms with Crippen LogP contribution < -0.4 is 0 Å². The maximum Gasteiger partial charge on any atom is 0.324 e. The maximum absolute atomic E-state index is 12.6. The first-order chi connectivity index (χ1) is 19.5. The molecular weight excluding hydrogens is 562 g/mol. The molecule has 41 heavy (non-hydrogen) atoms. The highest BCUT2D eigenvalue weighted by atomic mass is 32.2. The Labute approximate surface area is 232 Å². The van der Waals surface area contributed by atoms with Crippen LogP contribution in [0.1, 0.15) is 10.4 Å². The third kappa shape index (κ3) is 7.58. The summed E-state index contributed by atoms with van der Waals surface area (Å²) in [6.45, 7) is 0. The summed E-state index contributed by atoms with van der Waals surface area (Å²) in [5, 5.41) is 50.9. The summed E-state index contributed by atoms with van der Waals surface area (Å²) >= 11 is 0. The number of phenolic OH excluding ortho intramolecular Hbond substituents is 1. The SMILES string of the molecule is O=C(N=S(c1ccccc1)c1ccccc1)c1ccc([N+](=O)[O-])cc1.O=[N+]([O-])c1cc([N+](=O)[O-])c(O)c([N+](=O)[O-])c1. The third-order valence-electron chi connectivity index (χ3n) is 5.09. The largest absolute Gasteiger partial charge is 0.497 e. The number of carbonyl (C=O) groups excluding carboxylic acids is 1. The molecule has 0 atom stereocenters. The summed E-state index contributed by atoms with van der Waals surface area (Å²) in [7, 11) is -0.754. The van der Waals surface area contributed by atoms with Crippen molar-refractivity contribution in [2.45, 2.75) is 9.79 Å². The molecule has 0 aliphatic carbocycles. The van der Waals surface area contributed by atoms with Crippen LogP contribution in [0.2, 0.25) is 0 Å². The van der Waals surface area contributed by atoms with E-state index in [1.165, 1.54) is 24.3 Å². The fourth-order valence-corrected chi connectivity index (χ4v) is 4.76. The summed E-state index contributed by atoms with van der Waals surface area (Å²) in [6.07, 6.45) is 0. The Balaban J connectivity index is 0.000000250. The lowest BCUT2D eigenvalue weighted by atomic mass is 10.2. The Kier molecular flexibility index (Phi) is 9.58. The van der Waals surface area contributed by atoms with E-state index < -0.39 is 59.1 Å². The van der Waals surface area contributed by atoms with E-state index in [9.17, 15) is 45.3 Å². The molecule has 16 heteroatoms. The molecule has 0 unspecified atom stereocenters. The summed E-state index contributed by atoms with van der Waals surface area (Å²) < 4.78 is 4.38. The molecule has 4 aromatic rings. The average Bonchev–Trinajstić information content (AvgIpc) is 2.96. The van der Waals surface area contributed by atoms with Gasteiger partial charge in [-0.15, -0.1) is 0 Å². The monoisotopic (exact) mass is 579 g/mol. The molecule has 0 aliphatic rings. The molecule has 4 aromatic carbocycles. The summed E-state index contributed by atoms with van der Waals surface area (Å²) in [5.41, 5.74) is -2.73. The van der Waals surface area contributed by atoms with Crippen molar-refractivity contribution in [3.8, 4) is 5.75 Å². The average molecular weight is 580 g/mol. The van der Waals surface area contributed by atoms with Crippen LogP contribution in [0.15, 0.2) is 111 Å². The Bertz CT molecular complexity index is 1590. The molecule has 1 N–H and O–H groups in total. The van der Waals surface area contributed by atoms with Crippen molar-refractivity contribution in [2.24, 2.45) is 4.36 Å². The smallest absolute Gasteiger partial charge is 0.324 e. The number of phenols is 1. The van der Waals surface area contributed by atoms with Gasteiger partial charge < -0.3 is 5.11 Å². The van der Waals surface area contributed by atoms with Crippen molar-refractivity contribution in [3.63, 3.8) is 0 Å². The molecule has 0 saturated carbocycles. The van der Waals surface area contributed by atoms with Crippen molar-refractivity contribution in [3.05, 3.63) is 143 Å². The molecule has 0 fully saturated rings. The number of non-ortho nitro benzene ring substituents is 2. The van der Waals surface area contributed by atoms with Gasteiger partial charge in [-0.1, -0.05) is 36.4 Å². The number of hydrogen-bond donors (Lipinski definition) is 1. The zero-order valence-electron chi connectivity index (χ0n) is 20.5. The lowest BCUT2D eigenvalue weighted by Crippen LogP contribution is -2.01. The van der Waals surface area contributed by atoms with Crippen LogP contribution in [0.5, 0.6) is 5.75 Å². The van der Waals surface area contributed by atoms with E-state index in [-0.39, 0.29) is 5.69 Å². The number of nitrogens with zero attached hydrogens (tertiary/aromatic N) is 5. The fourth-order valence-electron chi connectivity index (χ4n) is 3.18. The van der Waals surface area contributed by atoms with Crippen LogP contribution in [0.4, 0.5) is 22.7 Å². The second-order valence-electron chi connectivity index (χ2n) is 7.72. The number of amides is 1. The Morgan fingerprint density at radius 1 is 0.610 bits per heavy atom. The van der Waals surface area contributed by atoms with Gasteiger partial charge in [0, 0.05) is 27.5 Å². The molecule has 0 bridgehead atoms. The zero-order valence-corrected chi connectivity index (χ0v) is 21.3. The Morgan fingerprint density at radius 2 is 1.02 bits per heavy atom. The first-order valence-corrected chi connectivity index (χ1v) is 12.3. The molecule has 0 spiro atoms. The summed E-state index contributed by atoms with van der Waals surface area (Å²) in [6, 6.07) is 25.6. The number of carbonyl (C=O) groups is 1. The molecule has 1 amide bonds. The van der Waals surface area contributed by atoms with Crippen molar-refractivity contribution >= 4 is 39.3 Å². The predicted molar refractivity (Wildman–Crippen MR) is 145 cm³/mol. The van der Waals surface area contributed by atoms with Gasteiger partial charge >= 0.3 is 11.4 Å². The second-order valence-corrected chi connectivity index (χ2v) is 9.41. The van der Waals surface area contributed by atoms with Crippen molar-refractivity contribution in [1.29, 1.82) is 0 Å². The number of rotatable bonds is 7. The minimum absolute atomic E-state index is 0.0540. The van der Waals surface area contributed by atoms with E-state index in [1.54, 1.807) is 0 Å². The van der Waals surface area contributed by atoms with E-state index in [4.69, 9.17) is 5.11 Å². The van der Waals surface area contributed by atoms with Crippen LogP contribution >= 0.6 is 0 Å². The van der Waals surface area contributed by atoms with Gasteiger partial charge in [0.2, 0.25) is 0 Å². The van der Waals surface area contributed by atoms with Gasteiger partial charge in [-0.25, -0.2) is 0 Å². The number of aromatic hydroxyl groups is 1. The molecule has 0 aliphatic heterocycles. The highest BCUT2D eigenvalue weighted by Crippen LogP contribution is 2.39.